The van der Waals surface area contributed by atoms with Gasteiger partial charge < -0.3 is 15.9 Å². The average molecular weight is 316 g/mol. The molecule has 1 atom stereocenters. The lowest BCUT2D eigenvalue weighted by Crippen LogP contribution is -2.13. The highest BCUT2D eigenvalue weighted by Crippen LogP contribution is 2.14. The quantitative estimate of drug-likeness (QED) is 0.264. The molecule has 0 aliphatic heterocycles. The summed E-state index contributed by atoms with van der Waals surface area (Å²) < 4.78 is 0. The van der Waals surface area contributed by atoms with Crippen molar-refractivity contribution in [2.75, 3.05) is 0 Å². The molecule has 0 aromatic carbocycles. The Hall–Kier alpha value is -0.120. The van der Waals surface area contributed by atoms with Crippen molar-refractivity contribution in [2.45, 2.75) is 122 Å². The minimum absolute atomic E-state index is 0.376. The zero-order chi connectivity index (χ0) is 16.5. The monoisotopic (exact) mass is 315 g/mol. The van der Waals surface area contributed by atoms with Gasteiger partial charge in [0.15, 0.2) is 6.29 Å². The van der Waals surface area contributed by atoms with Gasteiger partial charge in [-0.15, -0.1) is 0 Å². The second-order valence-corrected chi connectivity index (χ2v) is 6.99. The molecule has 0 aliphatic carbocycles. The van der Waals surface area contributed by atoms with Gasteiger partial charge in [-0.05, 0) is 26.2 Å². The van der Waals surface area contributed by atoms with E-state index in [4.69, 9.17) is 15.9 Å². The number of nitrogens with two attached hydrogens (primary N) is 1. The first-order valence-corrected chi connectivity index (χ1v) is 9.74. The maximum atomic E-state index is 8.73. The first kappa shape index (κ1) is 21.9. The summed E-state index contributed by atoms with van der Waals surface area (Å²) in [5.74, 6) is 0. The van der Waals surface area contributed by atoms with Crippen molar-refractivity contribution >= 4 is 0 Å². The molecule has 0 spiro atoms. The Labute approximate surface area is 138 Å². The topological polar surface area (TPSA) is 66.5 Å². The summed E-state index contributed by atoms with van der Waals surface area (Å²) in [6, 6.07) is 0.376. The Kier molecular flexibility index (Phi) is 17.1. The summed E-state index contributed by atoms with van der Waals surface area (Å²) in [6.45, 7) is 2.10. The molecule has 0 heterocycles. The van der Waals surface area contributed by atoms with Gasteiger partial charge in [-0.25, -0.2) is 0 Å². The number of aliphatic hydroxyl groups is 2. The lowest BCUT2D eigenvalue weighted by Gasteiger charge is -2.05. The third-order valence-electron chi connectivity index (χ3n) is 4.37. The van der Waals surface area contributed by atoms with Gasteiger partial charge >= 0.3 is 0 Å². The standard InChI is InChI=1S/C19H41NO2/c1-18(20)16-14-12-10-8-6-4-2-3-5-7-9-11-13-15-17-19(21)22/h18-19,21-22H,2-17,20H2,1H3. The molecule has 3 heteroatoms. The maximum absolute atomic E-state index is 8.73. The second-order valence-electron chi connectivity index (χ2n) is 6.99. The van der Waals surface area contributed by atoms with Gasteiger partial charge in [0.25, 0.3) is 0 Å². The lowest BCUT2D eigenvalue weighted by molar-refractivity contribution is -0.0466. The van der Waals surface area contributed by atoms with Crippen molar-refractivity contribution < 1.29 is 10.2 Å². The molecule has 0 rings (SSSR count). The molecule has 0 aromatic heterocycles. The molecule has 0 saturated heterocycles. The van der Waals surface area contributed by atoms with Crippen LogP contribution in [0.5, 0.6) is 0 Å². The molecule has 0 radical (unpaired) electrons. The smallest absolute Gasteiger partial charge is 0.151 e. The third kappa shape index (κ3) is 19.9. The molecular weight excluding hydrogens is 274 g/mol. The zero-order valence-electron chi connectivity index (χ0n) is 14.9. The Morgan fingerprint density at radius 3 is 1.09 bits per heavy atom. The van der Waals surface area contributed by atoms with Crippen LogP contribution in [-0.2, 0) is 0 Å². The summed E-state index contributed by atoms with van der Waals surface area (Å²) >= 11 is 0. The Balaban J connectivity index is 2.97. The predicted molar refractivity (Wildman–Crippen MR) is 95.7 cm³/mol. The summed E-state index contributed by atoms with van der Waals surface area (Å²) in [7, 11) is 0. The number of hydrogen-bond acceptors (Lipinski definition) is 3. The van der Waals surface area contributed by atoms with E-state index < -0.39 is 6.29 Å². The Morgan fingerprint density at radius 2 is 0.818 bits per heavy atom. The van der Waals surface area contributed by atoms with Gasteiger partial charge in [-0.3, -0.25) is 0 Å². The van der Waals surface area contributed by atoms with Gasteiger partial charge in [0.1, 0.15) is 0 Å². The highest BCUT2D eigenvalue weighted by molar-refractivity contribution is 4.54. The van der Waals surface area contributed by atoms with Crippen molar-refractivity contribution in [2.24, 2.45) is 5.73 Å². The molecule has 0 saturated carbocycles. The fourth-order valence-electron chi connectivity index (χ4n) is 2.91. The van der Waals surface area contributed by atoms with Crippen molar-refractivity contribution in [3.05, 3.63) is 0 Å². The molecular formula is C19H41NO2. The van der Waals surface area contributed by atoms with E-state index in [-0.39, 0.29) is 0 Å². The molecule has 3 nitrogen and oxygen atoms in total. The third-order valence-corrected chi connectivity index (χ3v) is 4.37. The van der Waals surface area contributed by atoms with Crippen LogP contribution in [-0.4, -0.2) is 22.5 Å². The van der Waals surface area contributed by atoms with Crippen LogP contribution >= 0.6 is 0 Å². The zero-order valence-corrected chi connectivity index (χ0v) is 14.9. The van der Waals surface area contributed by atoms with E-state index in [2.05, 4.69) is 6.92 Å². The molecule has 0 aromatic rings. The van der Waals surface area contributed by atoms with E-state index in [1.54, 1.807) is 0 Å². The number of hydrogen-bond donors (Lipinski definition) is 3. The first-order chi connectivity index (χ1) is 10.6. The SMILES string of the molecule is CC(N)CCCCCCCCCCCCCCCCC(O)O. The van der Waals surface area contributed by atoms with Crippen LogP contribution in [0.4, 0.5) is 0 Å². The fourth-order valence-corrected chi connectivity index (χ4v) is 2.91. The normalized spacial score (nSPS) is 13.0. The molecule has 0 fully saturated rings. The number of aliphatic hydroxyl groups excluding tert-OH is 1. The van der Waals surface area contributed by atoms with E-state index in [0.717, 1.165) is 12.8 Å². The van der Waals surface area contributed by atoms with E-state index in [0.29, 0.717) is 12.5 Å². The largest absolute Gasteiger partial charge is 0.368 e. The molecule has 0 bridgehead atoms. The van der Waals surface area contributed by atoms with Crippen LogP contribution in [0.1, 0.15) is 110 Å². The molecule has 134 valence electrons. The fraction of sp³-hybridized carbons (Fsp3) is 1.00. The maximum Gasteiger partial charge on any atom is 0.151 e. The highest BCUT2D eigenvalue weighted by atomic mass is 16.5. The minimum Gasteiger partial charge on any atom is -0.368 e. The van der Waals surface area contributed by atoms with Gasteiger partial charge in [-0.2, -0.15) is 0 Å². The van der Waals surface area contributed by atoms with Crippen LogP contribution < -0.4 is 5.73 Å². The summed E-state index contributed by atoms with van der Waals surface area (Å²) in [5.41, 5.74) is 5.74. The Bertz CT molecular complexity index is 186. The molecule has 22 heavy (non-hydrogen) atoms. The van der Waals surface area contributed by atoms with E-state index in [9.17, 15) is 0 Å². The van der Waals surface area contributed by atoms with E-state index in [1.807, 2.05) is 0 Å². The predicted octanol–water partition coefficient (Wildman–Crippen LogP) is 4.89. The molecule has 4 N–H and O–H groups in total. The van der Waals surface area contributed by atoms with Crippen LogP contribution in [0.2, 0.25) is 0 Å². The van der Waals surface area contributed by atoms with Gasteiger partial charge in [0.05, 0.1) is 0 Å². The summed E-state index contributed by atoms with van der Waals surface area (Å²) in [6.07, 6.45) is 19.0. The molecule has 1 unspecified atom stereocenters. The lowest BCUT2D eigenvalue weighted by atomic mass is 10.0. The van der Waals surface area contributed by atoms with Crippen LogP contribution in [0.3, 0.4) is 0 Å². The van der Waals surface area contributed by atoms with Crippen molar-refractivity contribution in [3.63, 3.8) is 0 Å². The van der Waals surface area contributed by atoms with Crippen molar-refractivity contribution in [3.8, 4) is 0 Å². The van der Waals surface area contributed by atoms with E-state index in [1.165, 1.54) is 83.5 Å². The minimum atomic E-state index is -1.11. The summed E-state index contributed by atoms with van der Waals surface area (Å²) in [4.78, 5) is 0. The van der Waals surface area contributed by atoms with Crippen LogP contribution in [0.25, 0.3) is 0 Å². The van der Waals surface area contributed by atoms with Crippen molar-refractivity contribution in [1.29, 1.82) is 0 Å². The average Bonchev–Trinajstić information content (AvgIpc) is 2.46. The number of rotatable bonds is 17. The van der Waals surface area contributed by atoms with Gasteiger partial charge in [0.2, 0.25) is 0 Å². The number of unbranched alkanes of at least 4 members (excludes halogenated alkanes) is 13. The Morgan fingerprint density at radius 1 is 0.545 bits per heavy atom. The van der Waals surface area contributed by atoms with Gasteiger partial charge in [-0.1, -0.05) is 83.5 Å². The second kappa shape index (κ2) is 17.2. The summed E-state index contributed by atoms with van der Waals surface area (Å²) in [5, 5.41) is 17.5. The molecule has 0 aliphatic rings. The van der Waals surface area contributed by atoms with E-state index >= 15 is 0 Å². The molecule has 0 amide bonds. The first-order valence-electron chi connectivity index (χ1n) is 9.74. The van der Waals surface area contributed by atoms with Crippen molar-refractivity contribution in [1.82, 2.24) is 0 Å². The highest BCUT2D eigenvalue weighted by Gasteiger charge is 1.98. The van der Waals surface area contributed by atoms with Crippen LogP contribution in [0, 0.1) is 0 Å². The van der Waals surface area contributed by atoms with Gasteiger partial charge in [0, 0.05) is 6.04 Å². The van der Waals surface area contributed by atoms with Crippen LogP contribution in [0.15, 0.2) is 0 Å².